The molecule has 0 unspecified atom stereocenters. The highest BCUT2D eigenvalue weighted by Crippen LogP contribution is 2.34. The highest BCUT2D eigenvalue weighted by molar-refractivity contribution is 6.30. The summed E-state index contributed by atoms with van der Waals surface area (Å²) in [6.45, 7) is 3.13. The average Bonchev–Trinajstić information content (AvgIpc) is 3.10. The lowest BCUT2D eigenvalue weighted by atomic mass is 9.89. The summed E-state index contributed by atoms with van der Waals surface area (Å²) in [5.74, 6) is -1.03. The fourth-order valence-electron chi connectivity index (χ4n) is 3.46. The van der Waals surface area contributed by atoms with Crippen molar-refractivity contribution < 1.29 is 19.4 Å². The van der Waals surface area contributed by atoms with Crippen LogP contribution in [0.4, 0.5) is 0 Å². The summed E-state index contributed by atoms with van der Waals surface area (Å²) in [7, 11) is 0. The van der Waals surface area contributed by atoms with Crippen molar-refractivity contribution in [1.82, 2.24) is 4.90 Å². The SMILES string of the molecule is CCOc1ccc(CC(=O)N2C[C@@H](C(=O)O)[C@H](c3ccc(Cl)cc3)C2)cc1. The Morgan fingerprint density at radius 2 is 1.78 bits per heavy atom. The molecule has 2 atom stereocenters. The number of carbonyl (C=O) groups is 2. The van der Waals surface area contributed by atoms with Crippen molar-refractivity contribution in [2.75, 3.05) is 19.7 Å². The van der Waals surface area contributed by atoms with E-state index in [2.05, 4.69) is 0 Å². The first kappa shape index (κ1) is 19.2. The molecule has 1 saturated heterocycles. The van der Waals surface area contributed by atoms with Gasteiger partial charge in [-0.2, -0.15) is 0 Å². The number of nitrogens with zero attached hydrogens (tertiary/aromatic N) is 1. The van der Waals surface area contributed by atoms with Gasteiger partial charge in [0.1, 0.15) is 5.75 Å². The molecule has 3 rings (SSSR count). The number of halogens is 1. The number of benzene rings is 2. The molecule has 1 heterocycles. The standard InChI is InChI=1S/C21H22ClNO4/c1-2-27-17-9-3-14(4-10-17)11-20(24)23-12-18(19(13-23)21(25)26)15-5-7-16(22)8-6-15/h3-10,18-19H,2,11-13H2,1H3,(H,25,26)/t18-,19+/m0/s1. The normalized spacial score (nSPS) is 19.1. The Kier molecular flexibility index (Phi) is 6.01. The summed E-state index contributed by atoms with van der Waals surface area (Å²) in [4.78, 5) is 26.1. The lowest BCUT2D eigenvalue weighted by Gasteiger charge is -2.17. The summed E-state index contributed by atoms with van der Waals surface area (Å²) >= 11 is 5.93. The number of hydrogen-bond acceptors (Lipinski definition) is 3. The molecule has 2 aromatic rings. The Hall–Kier alpha value is -2.53. The van der Waals surface area contributed by atoms with Crippen molar-refractivity contribution in [3.63, 3.8) is 0 Å². The molecular weight excluding hydrogens is 366 g/mol. The average molecular weight is 388 g/mol. The van der Waals surface area contributed by atoms with Crippen LogP contribution in [0.3, 0.4) is 0 Å². The van der Waals surface area contributed by atoms with Crippen LogP contribution in [-0.2, 0) is 16.0 Å². The minimum atomic E-state index is -0.883. The number of carboxylic acid groups (broad SMARTS) is 1. The van der Waals surface area contributed by atoms with E-state index in [-0.39, 0.29) is 24.8 Å². The van der Waals surface area contributed by atoms with Crippen LogP contribution in [-0.4, -0.2) is 41.6 Å². The number of likely N-dealkylation sites (tertiary alicyclic amines) is 1. The molecule has 27 heavy (non-hydrogen) atoms. The van der Waals surface area contributed by atoms with E-state index in [0.717, 1.165) is 16.9 Å². The zero-order valence-electron chi connectivity index (χ0n) is 15.1. The molecule has 1 N–H and O–H groups in total. The third kappa shape index (κ3) is 4.61. The second-order valence-electron chi connectivity index (χ2n) is 6.66. The summed E-state index contributed by atoms with van der Waals surface area (Å²) in [6, 6.07) is 14.6. The first-order chi connectivity index (χ1) is 13.0. The van der Waals surface area contributed by atoms with Crippen LogP contribution in [0.2, 0.25) is 5.02 Å². The number of aliphatic carboxylic acids is 1. The predicted molar refractivity (Wildman–Crippen MR) is 103 cm³/mol. The van der Waals surface area contributed by atoms with Gasteiger partial charge in [0.25, 0.3) is 0 Å². The van der Waals surface area contributed by atoms with E-state index in [1.807, 2.05) is 43.3 Å². The minimum absolute atomic E-state index is 0.0677. The predicted octanol–water partition coefficient (Wildman–Crippen LogP) is 3.61. The summed E-state index contributed by atoms with van der Waals surface area (Å²) in [6.07, 6.45) is 0.242. The van der Waals surface area contributed by atoms with Crippen molar-refractivity contribution in [3.05, 3.63) is 64.7 Å². The first-order valence-electron chi connectivity index (χ1n) is 8.95. The number of ether oxygens (including phenoxy) is 1. The van der Waals surface area contributed by atoms with Gasteiger partial charge >= 0.3 is 5.97 Å². The molecule has 142 valence electrons. The van der Waals surface area contributed by atoms with Gasteiger partial charge in [-0.05, 0) is 42.3 Å². The smallest absolute Gasteiger partial charge is 0.308 e. The van der Waals surface area contributed by atoms with Gasteiger partial charge < -0.3 is 14.7 Å². The molecule has 0 radical (unpaired) electrons. The summed E-state index contributed by atoms with van der Waals surface area (Å²) in [5, 5.41) is 10.2. The summed E-state index contributed by atoms with van der Waals surface area (Å²) in [5.41, 5.74) is 1.77. The molecule has 6 heteroatoms. The largest absolute Gasteiger partial charge is 0.494 e. The van der Waals surface area contributed by atoms with Crippen LogP contribution < -0.4 is 4.74 Å². The van der Waals surface area contributed by atoms with E-state index >= 15 is 0 Å². The van der Waals surface area contributed by atoms with E-state index < -0.39 is 11.9 Å². The Morgan fingerprint density at radius 1 is 1.11 bits per heavy atom. The summed E-state index contributed by atoms with van der Waals surface area (Å²) < 4.78 is 5.41. The maximum atomic E-state index is 12.7. The zero-order chi connectivity index (χ0) is 19.4. The molecule has 0 spiro atoms. The van der Waals surface area contributed by atoms with Gasteiger partial charge in [-0.25, -0.2) is 0 Å². The molecule has 0 aromatic heterocycles. The van der Waals surface area contributed by atoms with Crippen LogP contribution >= 0.6 is 11.6 Å². The quantitative estimate of drug-likeness (QED) is 0.822. The van der Waals surface area contributed by atoms with E-state index in [0.29, 0.717) is 18.2 Å². The molecule has 1 fully saturated rings. The fraction of sp³-hybridized carbons (Fsp3) is 0.333. The van der Waals surface area contributed by atoms with Crippen LogP contribution in [0.15, 0.2) is 48.5 Å². The number of rotatable bonds is 6. The number of amides is 1. The van der Waals surface area contributed by atoms with Crippen LogP contribution in [0.5, 0.6) is 5.75 Å². The topological polar surface area (TPSA) is 66.8 Å². The third-order valence-corrected chi connectivity index (χ3v) is 5.13. The Balaban J connectivity index is 1.70. The highest BCUT2D eigenvalue weighted by atomic mass is 35.5. The van der Waals surface area contributed by atoms with Crippen molar-refractivity contribution in [3.8, 4) is 5.75 Å². The van der Waals surface area contributed by atoms with Gasteiger partial charge in [-0.1, -0.05) is 35.9 Å². The Labute approximate surface area is 163 Å². The molecular formula is C21H22ClNO4. The monoisotopic (exact) mass is 387 g/mol. The second kappa shape index (κ2) is 8.44. The highest BCUT2D eigenvalue weighted by Gasteiger charge is 2.40. The van der Waals surface area contributed by atoms with Crippen molar-refractivity contribution >= 4 is 23.5 Å². The van der Waals surface area contributed by atoms with Crippen molar-refractivity contribution in [2.24, 2.45) is 5.92 Å². The van der Waals surface area contributed by atoms with Gasteiger partial charge in [0.2, 0.25) is 5.91 Å². The number of hydrogen-bond donors (Lipinski definition) is 1. The molecule has 0 aliphatic carbocycles. The molecule has 1 amide bonds. The van der Waals surface area contributed by atoms with Gasteiger partial charge in [0.05, 0.1) is 18.9 Å². The van der Waals surface area contributed by atoms with Gasteiger partial charge in [-0.3, -0.25) is 9.59 Å². The molecule has 5 nitrogen and oxygen atoms in total. The zero-order valence-corrected chi connectivity index (χ0v) is 15.9. The third-order valence-electron chi connectivity index (χ3n) is 4.88. The van der Waals surface area contributed by atoms with E-state index in [1.165, 1.54) is 0 Å². The van der Waals surface area contributed by atoms with E-state index in [9.17, 15) is 14.7 Å². The van der Waals surface area contributed by atoms with Crippen LogP contribution in [0.25, 0.3) is 0 Å². The fourth-order valence-corrected chi connectivity index (χ4v) is 3.59. The molecule has 2 aromatic carbocycles. The lowest BCUT2D eigenvalue weighted by Crippen LogP contribution is -2.31. The number of carboxylic acids is 1. The maximum Gasteiger partial charge on any atom is 0.308 e. The van der Waals surface area contributed by atoms with Gasteiger partial charge in [0.15, 0.2) is 0 Å². The Morgan fingerprint density at radius 3 is 2.37 bits per heavy atom. The lowest BCUT2D eigenvalue weighted by molar-refractivity contribution is -0.141. The second-order valence-corrected chi connectivity index (χ2v) is 7.09. The molecule has 1 aliphatic rings. The van der Waals surface area contributed by atoms with Gasteiger partial charge in [-0.15, -0.1) is 0 Å². The first-order valence-corrected chi connectivity index (χ1v) is 9.33. The van der Waals surface area contributed by atoms with Crippen LogP contribution in [0.1, 0.15) is 24.0 Å². The molecule has 0 saturated carbocycles. The van der Waals surface area contributed by atoms with Crippen molar-refractivity contribution in [1.29, 1.82) is 0 Å². The van der Waals surface area contributed by atoms with Crippen LogP contribution in [0, 0.1) is 5.92 Å². The van der Waals surface area contributed by atoms with E-state index in [4.69, 9.17) is 16.3 Å². The maximum absolute atomic E-state index is 12.7. The van der Waals surface area contributed by atoms with Crippen molar-refractivity contribution in [2.45, 2.75) is 19.3 Å². The molecule has 1 aliphatic heterocycles. The van der Waals surface area contributed by atoms with Gasteiger partial charge in [0, 0.05) is 24.0 Å². The minimum Gasteiger partial charge on any atom is -0.494 e. The molecule has 0 bridgehead atoms. The number of carbonyl (C=O) groups excluding carboxylic acids is 1. The van der Waals surface area contributed by atoms with E-state index in [1.54, 1.807) is 17.0 Å². The Bertz CT molecular complexity index is 804.